The van der Waals surface area contributed by atoms with Crippen molar-refractivity contribution in [2.45, 2.75) is 0 Å². The third-order valence-electron chi connectivity index (χ3n) is 1.89. The molecule has 82 valence electrons. The van der Waals surface area contributed by atoms with Gasteiger partial charge in [-0.05, 0) is 34.1 Å². The van der Waals surface area contributed by atoms with Gasteiger partial charge in [0, 0.05) is 16.2 Å². The first-order valence-electron chi connectivity index (χ1n) is 4.27. The molecular weight excluding hydrogens is 359 g/mol. The summed E-state index contributed by atoms with van der Waals surface area (Å²) >= 11 is 11.5. The van der Waals surface area contributed by atoms with Gasteiger partial charge in [0.05, 0.1) is 4.47 Å². The zero-order valence-electron chi connectivity index (χ0n) is 7.80. The van der Waals surface area contributed by atoms with E-state index in [2.05, 4.69) is 41.8 Å². The summed E-state index contributed by atoms with van der Waals surface area (Å²) in [5.41, 5.74) is 0.644. The highest BCUT2D eigenvalue weighted by Gasteiger charge is 2.04. The lowest BCUT2D eigenvalue weighted by Gasteiger charge is -2.02. The SMILES string of the molecule is Fc1cc(Br)cc(-c2ncc(Br)c(=S)[nH]2)c1. The van der Waals surface area contributed by atoms with Crippen LogP contribution in [0.5, 0.6) is 0 Å². The van der Waals surface area contributed by atoms with Crippen LogP contribution in [0.3, 0.4) is 0 Å². The van der Waals surface area contributed by atoms with Crippen molar-refractivity contribution >= 4 is 44.1 Å². The Labute approximate surface area is 113 Å². The number of aromatic amines is 1. The van der Waals surface area contributed by atoms with Crippen LogP contribution in [0, 0.1) is 10.5 Å². The summed E-state index contributed by atoms with van der Waals surface area (Å²) in [4.78, 5) is 7.05. The van der Waals surface area contributed by atoms with Gasteiger partial charge in [0.25, 0.3) is 0 Å². The van der Waals surface area contributed by atoms with Crippen LogP contribution in [0.15, 0.2) is 33.3 Å². The molecule has 0 saturated heterocycles. The van der Waals surface area contributed by atoms with Gasteiger partial charge >= 0.3 is 0 Å². The van der Waals surface area contributed by atoms with Gasteiger partial charge in [-0.1, -0.05) is 28.1 Å². The van der Waals surface area contributed by atoms with Crippen molar-refractivity contribution in [3.05, 3.63) is 43.8 Å². The van der Waals surface area contributed by atoms with Crippen molar-refractivity contribution in [2.75, 3.05) is 0 Å². The van der Waals surface area contributed by atoms with E-state index in [4.69, 9.17) is 12.2 Å². The number of benzene rings is 1. The number of nitrogens with zero attached hydrogens (tertiary/aromatic N) is 1. The van der Waals surface area contributed by atoms with Gasteiger partial charge in [0.1, 0.15) is 16.3 Å². The molecule has 0 saturated carbocycles. The summed E-state index contributed by atoms with van der Waals surface area (Å²) in [6.45, 7) is 0. The van der Waals surface area contributed by atoms with Gasteiger partial charge in [-0.3, -0.25) is 0 Å². The van der Waals surface area contributed by atoms with Gasteiger partial charge < -0.3 is 4.98 Å². The van der Waals surface area contributed by atoms with Crippen molar-refractivity contribution in [1.29, 1.82) is 0 Å². The van der Waals surface area contributed by atoms with E-state index in [1.807, 2.05) is 0 Å². The minimum absolute atomic E-state index is 0.326. The summed E-state index contributed by atoms with van der Waals surface area (Å²) in [5, 5.41) is 0. The highest BCUT2D eigenvalue weighted by molar-refractivity contribution is 9.10. The quantitative estimate of drug-likeness (QED) is 0.757. The van der Waals surface area contributed by atoms with Gasteiger partial charge in [-0.25, -0.2) is 9.37 Å². The highest BCUT2D eigenvalue weighted by Crippen LogP contribution is 2.22. The molecule has 0 aliphatic carbocycles. The first-order chi connectivity index (χ1) is 7.56. The molecule has 0 spiro atoms. The summed E-state index contributed by atoms with van der Waals surface area (Å²) in [6, 6.07) is 4.55. The first-order valence-corrected chi connectivity index (χ1v) is 6.27. The van der Waals surface area contributed by atoms with Crippen LogP contribution in [0.2, 0.25) is 0 Å². The Kier molecular flexibility index (Phi) is 3.51. The fraction of sp³-hybridized carbons (Fsp3) is 0. The number of rotatable bonds is 1. The molecule has 0 unspecified atom stereocenters. The molecule has 0 amide bonds. The molecule has 1 aromatic heterocycles. The fourth-order valence-corrected chi connectivity index (χ4v) is 2.03. The van der Waals surface area contributed by atoms with E-state index in [1.54, 1.807) is 12.3 Å². The molecule has 1 N–H and O–H groups in total. The largest absolute Gasteiger partial charge is 0.330 e. The molecular formula is C10H5Br2FN2S. The average molecular weight is 364 g/mol. The molecule has 0 atom stereocenters. The number of nitrogens with one attached hydrogen (secondary N) is 1. The minimum Gasteiger partial charge on any atom is -0.330 e. The molecule has 0 aliphatic rings. The zero-order valence-corrected chi connectivity index (χ0v) is 11.8. The zero-order chi connectivity index (χ0) is 11.7. The lowest BCUT2D eigenvalue weighted by atomic mass is 10.2. The maximum atomic E-state index is 13.2. The lowest BCUT2D eigenvalue weighted by Crippen LogP contribution is -1.90. The number of halogens is 3. The smallest absolute Gasteiger partial charge is 0.138 e. The second kappa shape index (κ2) is 4.73. The van der Waals surface area contributed by atoms with E-state index in [0.717, 1.165) is 0 Å². The van der Waals surface area contributed by atoms with Crippen molar-refractivity contribution in [2.24, 2.45) is 0 Å². The Hall–Kier alpha value is -0.590. The molecule has 6 heteroatoms. The van der Waals surface area contributed by atoms with E-state index in [0.29, 0.717) is 25.0 Å². The number of H-pyrrole nitrogens is 1. The maximum Gasteiger partial charge on any atom is 0.138 e. The van der Waals surface area contributed by atoms with Crippen LogP contribution in [0.4, 0.5) is 4.39 Å². The topological polar surface area (TPSA) is 28.7 Å². The Morgan fingerprint density at radius 2 is 2.00 bits per heavy atom. The van der Waals surface area contributed by atoms with Gasteiger partial charge in [-0.15, -0.1) is 0 Å². The van der Waals surface area contributed by atoms with Crippen LogP contribution >= 0.6 is 44.1 Å². The molecule has 16 heavy (non-hydrogen) atoms. The van der Waals surface area contributed by atoms with E-state index in [9.17, 15) is 4.39 Å². The third kappa shape index (κ3) is 2.56. The Morgan fingerprint density at radius 1 is 1.25 bits per heavy atom. The van der Waals surface area contributed by atoms with Crippen LogP contribution in [-0.4, -0.2) is 9.97 Å². The van der Waals surface area contributed by atoms with Crippen molar-refractivity contribution < 1.29 is 4.39 Å². The van der Waals surface area contributed by atoms with E-state index in [1.165, 1.54) is 12.1 Å². The maximum absolute atomic E-state index is 13.2. The first kappa shape index (κ1) is 11.9. The molecule has 1 aromatic carbocycles. The van der Waals surface area contributed by atoms with Crippen molar-refractivity contribution in [1.82, 2.24) is 9.97 Å². The van der Waals surface area contributed by atoms with Crippen molar-refractivity contribution in [3.8, 4) is 11.4 Å². The second-order valence-electron chi connectivity index (χ2n) is 3.07. The van der Waals surface area contributed by atoms with Crippen LogP contribution in [0.1, 0.15) is 0 Å². The molecule has 0 fully saturated rings. The summed E-state index contributed by atoms with van der Waals surface area (Å²) in [7, 11) is 0. The average Bonchev–Trinajstić information content (AvgIpc) is 2.20. The Balaban J connectivity index is 2.58. The van der Waals surface area contributed by atoms with Gasteiger partial charge in [0.2, 0.25) is 0 Å². The van der Waals surface area contributed by atoms with E-state index >= 15 is 0 Å². The normalized spacial score (nSPS) is 10.4. The molecule has 0 bridgehead atoms. The Bertz CT molecular complexity index is 577. The number of aromatic nitrogens is 2. The van der Waals surface area contributed by atoms with Crippen molar-refractivity contribution in [3.63, 3.8) is 0 Å². The predicted molar refractivity (Wildman–Crippen MR) is 70.2 cm³/mol. The van der Waals surface area contributed by atoms with E-state index < -0.39 is 0 Å². The van der Waals surface area contributed by atoms with E-state index in [-0.39, 0.29) is 5.82 Å². The molecule has 0 aliphatic heterocycles. The molecule has 2 rings (SSSR count). The monoisotopic (exact) mass is 362 g/mol. The summed E-state index contributed by atoms with van der Waals surface area (Å²) in [6.07, 6.45) is 1.59. The summed E-state index contributed by atoms with van der Waals surface area (Å²) < 4.78 is 15.1. The third-order valence-corrected chi connectivity index (χ3v) is 3.54. The van der Waals surface area contributed by atoms with Crippen LogP contribution in [0.25, 0.3) is 11.4 Å². The van der Waals surface area contributed by atoms with Gasteiger partial charge in [0.15, 0.2) is 0 Å². The number of hydrogen-bond acceptors (Lipinski definition) is 2. The molecule has 0 radical (unpaired) electrons. The highest BCUT2D eigenvalue weighted by atomic mass is 79.9. The standard InChI is InChI=1S/C10H5Br2FN2S/c11-6-1-5(2-7(13)3-6)9-14-4-8(12)10(16)15-9/h1-4H,(H,14,15,16). The Morgan fingerprint density at radius 3 is 2.62 bits per heavy atom. The van der Waals surface area contributed by atoms with Crippen LogP contribution in [-0.2, 0) is 0 Å². The number of hydrogen-bond donors (Lipinski definition) is 1. The minimum atomic E-state index is -0.326. The fourth-order valence-electron chi connectivity index (χ4n) is 1.22. The molecule has 2 nitrogen and oxygen atoms in total. The van der Waals surface area contributed by atoms with Crippen LogP contribution < -0.4 is 0 Å². The second-order valence-corrected chi connectivity index (χ2v) is 5.25. The lowest BCUT2D eigenvalue weighted by molar-refractivity contribution is 0.627. The summed E-state index contributed by atoms with van der Waals surface area (Å²) in [5.74, 6) is 0.210. The predicted octanol–water partition coefficient (Wildman–Crippen LogP) is 4.47. The molecule has 1 heterocycles. The molecule has 2 aromatic rings. The van der Waals surface area contributed by atoms with Gasteiger partial charge in [-0.2, -0.15) is 0 Å².